The molecular weight excluding hydrogens is 398 g/mol. The zero-order valence-electron chi connectivity index (χ0n) is 16.2. The van der Waals surface area contributed by atoms with E-state index in [-0.39, 0.29) is 25.1 Å². The molecule has 29 heavy (non-hydrogen) atoms. The topological polar surface area (TPSA) is 164 Å². The molecule has 0 unspecified atom stereocenters. The third-order valence-corrected chi connectivity index (χ3v) is 5.24. The van der Waals surface area contributed by atoms with Crippen LogP contribution < -0.4 is 11.5 Å². The maximum Gasteiger partial charge on any atom is 0.320 e. The van der Waals surface area contributed by atoms with Gasteiger partial charge >= 0.3 is 11.9 Å². The summed E-state index contributed by atoms with van der Waals surface area (Å²) in [6.07, 6.45) is -0.879. The van der Waals surface area contributed by atoms with Gasteiger partial charge in [-0.2, -0.15) is 11.8 Å². The summed E-state index contributed by atoms with van der Waals surface area (Å²) in [7, 11) is 0. The van der Waals surface area contributed by atoms with Crippen molar-refractivity contribution in [2.45, 2.75) is 44.0 Å². The van der Waals surface area contributed by atoms with Gasteiger partial charge in [-0.05, 0) is 18.9 Å². The van der Waals surface area contributed by atoms with Gasteiger partial charge in [-0.3, -0.25) is 24.1 Å². The van der Waals surface area contributed by atoms with Crippen molar-refractivity contribution < 1.29 is 29.4 Å². The first-order valence-corrected chi connectivity index (χ1v) is 10.2. The molecule has 0 saturated carbocycles. The van der Waals surface area contributed by atoms with Crippen LogP contribution in [0.4, 0.5) is 0 Å². The minimum atomic E-state index is -1.26. The van der Waals surface area contributed by atoms with Crippen LogP contribution in [0.25, 0.3) is 0 Å². The number of hydrogen-bond donors (Lipinski definition) is 4. The van der Waals surface area contributed by atoms with Gasteiger partial charge in [-0.15, -0.1) is 0 Å². The average Bonchev–Trinajstić information content (AvgIpc) is 2.67. The smallest absolute Gasteiger partial charge is 0.320 e. The summed E-state index contributed by atoms with van der Waals surface area (Å²) in [6.45, 7) is 1.66. The Kier molecular flexibility index (Phi) is 10.4. The van der Waals surface area contributed by atoms with Crippen LogP contribution >= 0.6 is 11.8 Å². The number of carbonyl (C=O) groups excluding carboxylic acids is 2. The van der Waals surface area contributed by atoms with Crippen molar-refractivity contribution in [1.82, 2.24) is 4.90 Å². The van der Waals surface area contributed by atoms with Crippen molar-refractivity contribution in [2.24, 2.45) is 11.5 Å². The lowest BCUT2D eigenvalue weighted by Gasteiger charge is -2.24. The molecule has 160 valence electrons. The molecule has 0 radical (unpaired) electrons. The Morgan fingerprint density at radius 1 is 1.03 bits per heavy atom. The van der Waals surface area contributed by atoms with Crippen LogP contribution in [0.15, 0.2) is 24.3 Å². The number of nitrogens with two attached hydrogens (primary N) is 2. The molecule has 10 heteroatoms. The molecule has 0 saturated heterocycles. The first-order chi connectivity index (χ1) is 13.6. The summed E-state index contributed by atoms with van der Waals surface area (Å²) in [5.74, 6) is -2.91. The number of aliphatic carboxylic acids is 2. The highest BCUT2D eigenvalue weighted by Crippen LogP contribution is 2.15. The Morgan fingerprint density at radius 3 is 2.21 bits per heavy atom. The number of benzene rings is 1. The minimum absolute atomic E-state index is 0.164. The Bertz CT molecular complexity index is 725. The molecule has 0 bridgehead atoms. The van der Waals surface area contributed by atoms with Crippen LogP contribution in [0.5, 0.6) is 0 Å². The standard InChI is InChI=1S/C19H27N3O6S/c1-12-2-4-13(5-3-12)10-29-11-15(21)18(26)22(9-8-17(24)25)16(23)7-6-14(20)19(27)28/h2-5,14-15H,6-11,20-21H2,1H3,(H,24,25)(H,27,28)/t14-,15-/m0/s1. The second-order valence-corrected chi connectivity index (χ2v) is 7.65. The van der Waals surface area contributed by atoms with E-state index in [1.807, 2.05) is 31.2 Å². The number of hydrogen-bond acceptors (Lipinski definition) is 7. The van der Waals surface area contributed by atoms with Crippen molar-refractivity contribution in [3.8, 4) is 0 Å². The third kappa shape index (κ3) is 9.07. The molecule has 2 atom stereocenters. The molecule has 0 aliphatic heterocycles. The van der Waals surface area contributed by atoms with Gasteiger partial charge in [0.1, 0.15) is 6.04 Å². The van der Waals surface area contributed by atoms with Crippen LogP contribution in [0.1, 0.15) is 30.4 Å². The molecule has 1 rings (SSSR count). The molecule has 0 aliphatic rings. The Balaban J connectivity index is 2.65. The van der Waals surface area contributed by atoms with E-state index in [4.69, 9.17) is 21.7 Å². The number of nitrogens with zero attached hydrogens (tertiary/aromatic N) is 1. The predicted octanol–water partition coefficient (Wildman–Crippen LogP) is 0.578. The van der Waals surface area contributed by atoms with Crippen molar-refractivity contribution in [2.75, 3.05) is 12.3 Å². The highest BCUT2D eigenvalue weighted by molar-refractivity contribution is 7.98. The highest BCUT2D eigenvalue weighted by atomic mass is 32.2. The van der Waals surface area contributed by atoms with E-state index in [1.54, 1.807) is 0 Å². The Morgan fingerprint density at radius 2 is 1.66 bits per heavy atom. The molecule has 0 heterocycles. The zero-order chi connectivity index (χ0) is 22.0. The maximum atomic E-state index is 12.6. The fourth-order valence-electron chi connectivity index (χ4n) is 2.36. The van der Waals surface area contributed by atoms with Gasteiger partial charge in [0, 0.05) is 24.5 Å². The third-order valence-electron chi connectivity index (χ3n) is 4.11. The average molecular weight is 426 g/mol. The van der Waals surface area contributed by atoms with Gasteiger partial charge < -0.3 is 21.7 Å². The van der Waals surface area contributed by atoms with Gasteiger partial charge in [0.15, 0.2) is 0 Å². The first-order valence-electron chi connectivity index (χ1n) is 9.05. The molecule has 6 N–H and O–H groups in total. The molecule has 1 aromatic rings. The summed E-state index contributed by atoms with van der Waals surface area (Å²) in [4.78, 5) is 47.4. The van der Waals surface area contributed by atoms with Gasteiger partial charge in [-0.1, -0.05) is 29.8 Å². The van der Waals surface area contributed by atoms with Crippen molar-refractivity contribution >= 4 is 35.5 Å². The maximum absolute atomic E-state index is 12.6. The van der Waals surface area contributed by atoms with Gasteiger partial charge in [0.25, 0.3) is 0 Å². The summed E-state index contributed by atoms with van der Waals surface area (Å²) in [6, 6.07) is 5.68. The number of carboxylic acids is 2. The number of imide groups is 1. The second kappa shape index (κ2) is 12.2. The quantitative estimate of drug-likeness (QED) is 0.375. The second-order valence-electron chi connectivity index (χ2n) is 6.62. The summed E-state index contributed by atoms with van der Waals surface area (Å²) in [5.41, 5.74) is 13.5. The van der Waals surface area contributed by atoms with E-state index < -0.39 is 42.3 Å². The van der Waals surface area contributed by atoms with Gasteiger partial charge in [-0.25, -0.2) is 0 Å². The molecule has 9 nitrogen and oxygen atoms in total. The summed E-state index contributed by atoms with van der Waals surface area (Å²) in [5, 5.41) is 17.7. The lowest BCUT2D eigenvalue weighted by molar-refractivity contribution is -0.146. The number of thioether (sulfide) groups is 1. The normalized spacial score (nSPS) is 12.8. The van der Waals surface area contributed by atoms with E-state index in [0.29, 0.717) is 5.75 Å². The molecule has 0 aromatic heterocycles. The van der Waals surface area contributed by atoms with Crippen molar-refractivity contribution in [3.05, 3.63) is 35.4 Å². The fraction of sp³-hybridized carbons (Fsp3) is 0.474. The van der Waals surface area contributed by atoms with Gasteiger partial charge in [0.05, 0.1) is 12.5 Å². The van der Waals surface area contributed by atoms with Crippen LogP contribution in [0.3, 0.4) is 0 Å². The van der Waals surface area contributed by atoms with Crippen LogP contribution in [0, 0.1) is 6.92 Å². The summed E-state index contributed by atoms with van der Waals surface area (Å²) < 4.78 is 0. The summed E-state index contributed by atoms with van der Waals surface area (Å²) >= 11 is 1.43. The zero-order valence-corrected chi connectivity index (χ0v) is 17.1. The molecule has 2 amide bonds. The minimum Gasteiger partial charge on any atom is -0.481 e. The van der Waals surface area contributed by atoms with Crippen molar-refractivity contribution in [1.29, 1.82) is 0 Å². The van der Waals surface area contributed by atoms with E-state index in [9.17, 15) is 19.2 Å². The number of rotatable bonds is 12. The van der Waals surface area contributed by atoms with Crippen LogP contribution in [-0.2, 0) is 24.9 Å². The van der Waals surface area contributed by atoms with E-state index >= 15 is 0 Å². The highest BCUT2D eigenvalue weighted by Gasteiger charge is 2.27. The molecule has 0 spiro atoms. The van der Waals surface area contributed by atoms with Crippen LogP contribution in [0.2, 0.25) is 0 Å². The van der Waals surface area contributed by atoms with E-state index in [0.717, 1.165) is 16.0 Å². The Labute approximate surface area is 173 Å². The molecule has 0 aliphatic carbocycles. The molecule has 1 aromatic carbocycles. The number of carbonyl (C=O) groups is 4. The first kappa shape index (κ1) is 24.6. The SMILES string of the molecule is Cc1ccc(CSC[C@H](N)C(=O)N(CCC(=O)O)C(=O)CC[C@H](N)C(=O)O)cc1. The largest absolute Gasteiger partial charge is 0.481 e. The molecular formula is C19H27N3O6S. The lowest BCUT2D eigenvalue weighted by atomic mass is 10.1. The van der Waals surface area contributed by atoms with E-state index in [1.165, 1.54) is 11.8 Å². The number of amides is 2. The Hall–Kier alpha value is -2.43. The lowest BCUT2D eigenvalue weighted by Crippen LogP contribution is -2.49. The van der Waals surface area contributed by atoms with E-state index in [2.05, 4.69) is 0 Å². The molecule has 0 fully saturated rings. The number of carboxylic acid groups (broad SMARTS) is 2. The number of aryl methyl sites for hydroxylation is 1. The fourth-order valence-corrected chi connectivity index (χ4v) is 3.30. The monoisotopic (exact) mass is 425 g/mol. The van der Waals surface area contributed by atoms with Crippen LogP contribution in [-0.4, -0.2) is 63.2 Å². The van der Waals surface area contributed by atoms with Crippen molar-refractivity contribution in [3.63, 3.8) is 0 Å². The van der Waals surface area contributed by atoms with Gasteiger partial charge in [0.2, 0.25) is 11.8 Å². The predicted molar refractivity (Wildman–Crippen MR) is 109 cm³/mol.